The lowest BCUT2D eigenvalue weighted by atomic mass is 9.91. The van der Waals surface area contributed by atoms with Crippen molar-refractivity contribution in [1.82, 2.24) is 5.32 Å². The molecule has 1 amide bonds. The molecule has 2 aliphatic rings. The lowest BCUT2D eigenvalue weighted by Crippen LogP contribution is -2.46. The van der Waals surface area contributed by atoms with E-state index in [0.29, 0.717) is 0 Å². The first-order valence-corrected chi connectivity index (χ1v) is 13.5. The molecular weight excluding hydrogens is 389 g/mol. The molecule has 0 aromatic carbocycles. The molecule has 2 saturated carbocycles. The van der Waals surface area contributed by atoms with Gasteiger partial charge in [0, 0.05) is 18.5 Å². The Bertz CT molecular complexity index is 582. The monoisotopic (exact) mass is 429 g/mol. The minimum Gasteiger partial charge on any atom is -0.393 e. The van der Waals surface area contributed by atoms with Crippen LogP contribution in [0.25, 0.3) is 0 Å². The van der Waals surface area contributed by atoms with Crippen LogP contribution in [0.15, 0.2) is 0 Å². The molecule has 6 nitrogen and oxygen atoms in total. The summed E-state index contributed by atoms with van der Waals surface area (Å²) in [5, 5.41) is 13.2. The van der Waals surface area contributed by atoms with E-state index in [1.165, 1.54) is 6.42 Å². The highest BCUT2D eigenvalue weighted by Gasteiger charge is 2.31. The number of Topliss-reactive ketones (excluding diaryl/α,β-unsaturated/α-hetero) is 1. The third kappa shape index (κ3) is 8.51. The van der Waals surface area contributed by atoms with Crippen LogP contribution in [0.1, 0.15) is 84.5 Å². The van der Waals surface area contributed by atoms with E-state index in [-0.39, 0.29) is 54.6 Å². The van der Waals surface area contributed by atoms with E-state index in [1.54, 1.807) is 0 Å². The molecule has 0 aliphatic heterocycles. The van der Waals surface area contributed by atoms with Gasteiger partial charge in [-0.25, -0.2) is 0 Å². The number of aliphatic hydroxyl groups is 1. The van der Waals surface area contributed by atoms with Crippen molar-refractivity contribution in [3.8, 4) is 0 Å². The van der Waals surface area contributed by atoms with Crippen molar-refractivity contribution < 1.29 is 24.2 Å². The molecule has 2 aliphatic carbocycles. The fourth-order valence-electron chi connectivity index (χ4n) is 4.81. The zero-order chi connectivity index (χ0) is 21.4. The third-order valence-corrected chi connectivity index (χ3v) is 8.60. The molecule has 0 aromatic rings. The van der Waals surface area contributed by atoms with Gasteiger partial charge in [0.2, 0.25) is 13.3 Å². The molecule has 0 saturated heterocycles. The second kappa shape index (κ2) is 11.6. The molecule has 29 heavy (non-hydrogen) atoms. The van der Waals surface area contributed by atoms with E-state index in [4.69, 9.17) is 0 Å². The highest BCUT2D eigenvalue weighted by Crippen LogP contribution is 2.46. The number of ketones is 1. The molecule has 0 heterocycles. The summed E-state index contributed by atoms with van der Waals surface area (Å²) < 4.78 is 12.5. The molecule has 0 aromatic heterocycles. The van der Waals surface area contributed by atoms with Crippen LogP contribution in [0.3, 0.4) is 0 Å². The molecule has 0 bridgehead atoms. The zero-order valence-corrected chi connectivity index (χ0v) is 19.0. The van der Waals surface area contributed by atoms with Crippen molar-refractivity contribution in [2.45, 2.75) is 96.6 Å². The van der Waals surface area contributed by atoms with Crippen LogP contribution in [0.2, 0.25) is 0 Å². The smallest absolute Gasteiger partial charge is 0.223 e. The van der Waals surface area contributed by atoms with Crippen molar-refractivity contribution in [3.63, 3.8) is 0 Å². The number of aliphatic hydroxyl groups excluding tert-OH is 1. The van der Waals surface area contributed by atoms with Crippen molar-refractivity contribution in [2.24, 2.45) is 17.8 Å². The first-order valence-electron chi connectivity index (χ1n) is 11.5. The maximum atomic E-state index is 12.7. The highest BCUT2D eigenvalue weighted by atomic mass is 31.2. The van der Waals surface area contributed by atoms with E-state index >= 15 is 0 Å². The van der Waals surface area contributed by atoms with Crippen LogP contribution in [0.5, 0.6) is 0 Å². The lowest BCUT2D eigenvalue weighted by Gasteiger charge is -2.25. The first kappa shape index (κ1) is 24.6. The number of carbonyl (C=O) groups excluding carboxylic acids is 2. The summed E-state index contributed by atoms with van der Waals surface area (Å²) in [6.07, 6.45) is 8.77. The number of nitrogens with one attached hydrogen (secondary N) is 1. The lowest BCUT2D eigenvalue weighted by molar-refractivity contribution is -0.131. The zero-order valence-electron chi connectivity index (χ0n) is 18.1. The second-order valence-corrected chi connectivity index (χ2v) is 12.0. The molecule has 2 fully saturated rings. The molecule has 168 valence electrons. The Hall–Kier alpha value is -0.710. The van der Waals surface area contributed by atoms with Crippen molar-refractivity contribution in [2.75, 3.05) is 12.3 Å². The Morgan fingerprint density at radius 1 is 1.03 bits per heavy atom. The predicted molar refractivity (Wildman–Crippen MR) is 115 cm³/mol. The van der Waals surface area contributed by atoms with Crippen LogP contribution >= 0.6 is 7.37 Å². The van der Waals surface area contributed by atoms with Gasteiger partial charge >= 0.3 is 0 Å². The first-order chi connectivity index (χ1) is 13.7. The minimum atomic E-state index is -3.39. The van der Waals surface area contributed by atoms with Crippen LogP contribution < -0.4 is 5.32 Å². The molecule has 3 N–H and O–H groups in total. The van der Waals surface area contributed by atoms with Gasteiger partial charge in [0.1, 0.15) is 0 Å². The second-order valence-electron chi connectivity index (χ2n) is 9.59. The Balaban J connectivity index is 1.78. The summed E-state index contributed by atoms with van der Waals surface area (Å²) in [5.74, 6) is 0.118. The number of carbonyl (C=O) groups is 2. The van der Waals surface area contributed by atoms with E-state index in [0.717, 1.165) is 51.4 Å². The SMILES string of the molecule is CC(C)[C@H](NC(=O)C1CCCC1)C(=O)CC[C@@H](O)CP(=O)(O)CC1CCCCC1. The minimum absolute atomic E-state index is 0.00898. The summed E-state index contributed by atoms with van der Waals surface area (Å²) in [4.78, 5) is 35.4. The van der Waals surface area contributed by atoms with Crippen LogP contribution in [-0.4, -0.2) is 46.2 Å². The van der Waals surface area contributed by atoms with Gasteiger partial charge in [-0.3, -0.25) is 14.2 Å². The van der Waals surface area contributed by atoms with Crippen LogP contribution in [-0.2, 0) is 14.2 Å². The summed E-state index contributed by atoms with van der Waals surface area (Å²) in [6.45, 7) is 3.81. The average Bonchev–Trinajstić information content (AvgIpc) is 3.18. The summed E-state index contributed by atoms with van der Waals surface area (Å²) in [7, 11) is -3.39. The summed E-state index contributed by atoms with van der Waals surface area (Å²) in [5.41, 5.74) is 0. The van der Waals surface area contributed by atoms with Crippen LogP contribution in [0.4, 0.5) is 0 Å². The third-order valence-electron chi connectivity index (χ3n) is 6.53. The Morgan fingerprint density at radius 3 is 2.21 bits per heavy atom. The normalized spacial score (nSPS) is 22.9. The maximum absolute atomic E-state index is 12.7. The maximum Gasteiger partial charge on any atom is 0.223 e. The Kier molecular flexibility index (Phi) is 9.84. The molecule has 1 unspecified atom stereocenters. The van der Waals surface area contributed by atoms with Gasteiger partial charge in [-0.2, -0.15) is 0 Å². The molecule has 2 rings (SSSR count). The number of rotatable bonds is 11. The standard InChI is InChI=1S/C22H40NO5P/c1-16(2)21(23-22(26)18-10-6-7-11-18)20(25)13-12-19(24)15-29(27,28)14-17-8-4-3-5-9-17/h16-19,21,24H,3-15H2,1-2H3,(H,23,26)(H,27,28)/t19-,21+/m1/s1. The molecular formula is C22H40NO5P. The molecule has 0 radical (unpaired) electrons. The van der Waals surface area contributed by atoms with E-state index in [2.05, 4.69) is 5.32 Å². The fourth-order valence-corrected chi connectivity index (χ4v) is 6.97. The van der Waals surface area contributed by atoms with E-state index in [9.17, 15) is 24.2 Å². The quantitative estimate of drug-likeness (QED) is 0.433. The average molecular weight is 430 g/mol. The number of amides is 1. The topological polar surface area (TPSA) is 104 Å². The van der Waals surface area contributed by atoms with Crippen LogP contribution in [0, 0.1) is 17.8 Å². The van der Waals surface area contributed by atoms with Gasteiger partial charge in [0.15, 0.2) is 5.78 Å². The van der Waals surface area contributed by atoms with E-state index in [1.807, 2.05) is 13.8 Å². The Labute approximate surface area is 175 Å². The molecule has 7 heteroatoms. The fraction of sp³-hybridized carbons (Fsp3) is 0.909. The van der Waals surface area contributed by atoms with Crippen molar-refractivity contribution in [1.29, 1.82) is 0 Å². The highest BCUT2D eigenvalue weighted by molar-refractivity contribution is 7.58. The number of hydrogen-bond acceptors (Lipinski definition) is 4. The van der Waals surface area contributed by atoms with E-state index < -0.39 is 19.5 Å². The summed E-state index contributed by atoms with van der Waals surface area (Å²) >= 11 is 0. The molecule has 0 spiro atoms. The van der Waals surface area contributed by atoms with Gasteiger partial charge in [-0.1, -0.05) is 46.0 Å². The van der Waals surface area contributed by atoms with Crippen molar-refractivity contribution in [3.05, 3.63) is 0 Å². The number of hydrogen-bond donors (Lipinski definition) is 3. The van der Waals surface area contributed by atoms with Gasteiger partial charge < -0.3 is 15.3 Å². The summed E-state index contributed by atoms with van der Waals surface area (Å²) in [6, 6.07) is -0.557. The van der Waals surface area contributed by atoms with Gasteiger partial charge in [0.05, 0.1) is 18.3 Å². The van der Waals surface area contributed by atoms with Crippen molar-refractivity contribution >= 4 is 19.1 Å². The van der Waals surface area contributed by atoms with Gasteiger partial charge in [0.25, 0.3) is 0 Å². The van der Waals surface area contributed by atoms with Gasteiger partial charge in [-0.15, -0.1) is 0 Å². The largest absolute Gasteiger partial charge is 0.393 e. The molecule has 3 atom stereocenters. The van der Waals surface area contributed by atoms with Gasteiger partial charge in [-0.05, 0) is 43.9 Å². The predicted octanol–water partition coefficient (Wildman–Crippen LogP) is 3.88. The Morgan fingerprint density at radius 2 is 1.62 bits per heavy atom.